The molecule has 1 aliphatic rings. The van der Waals surface area contributed by atoms with Crippen LogP contribution < -0.4 is 10.4 Å². The number of methoxy groups -OCH3 is 1. The summed E-state index contributed by atoms with van der Waals surface area (Å²) in [6.45, 7) is 2.46. The number of hydrogen-bond donors (Lipinski definition) is 2. The number of imidazole rings is 1. The molecule has 164 valence electrons. The number of benzene rings is 1. The van der Waals surface area contributed by atoms with Crippen molar-refractivity contribution in [3.8, 4) is 6.01 Å². The number of aromatic amines is 1. The Morgan fingerprint density at radius 3 is 2.68 bits per heavy atom. The van der Waals surface area contributed by atoms with Crippen molar-refractivity contribution in [2.45, 2.75) is 32.0 Å². The number of aromatic nitrogens is 4. The quantitative estimate of drug-likeness (QED) is 0.489. The van der Waals surface area contributed by atoms with Crippen LogP contribution in [0.5, 0.6) is 6.01 Å². The molecule has 1 fully saturated rings. The van der Waals surface area contributed by atoms with E-state index in [1.165, 1.54) is 10.8 Å². The second-order valence-corrected chi connectivity index (χ2v) is 7.53. The van der Waals surface area contributed by atoms with Gasteiger partial charge in [0.2, 0.25) is 0 Å². The van der Waals surface area contributed by atoms with Gasteiger partial charge in [-0.15, -0.1) is 0 Å². The van der Waals surface area contributed by atoms with Crippen LogP contribution in [0.4, 0.5) is 0 Å². The molecule has 0 amide bonds. The van der Waals surface area contributed by atoms with E-state index in [2.05, 4.69) is 15.0 Å². The van der Waals surface area contributed by atoms with Gasteiger partial charge in [0.05, 0.1) is 19.3 Å². The molecule has 0 bridgehead atoms. The molecular weight excluding hydrogens is 402 g/mol. The van der Waals surface area contributed by atoms with Crippen LogP contribution in [-0.4, -0.2) is 68.4 Å². The summed E-state index contributed by atoms with van der Waals surface area (Å²) in [7, 11) is 1.58. The third kappa shape index (κ3) is 4.75. The van der Waals surface area contributed by atoms with E-state index in [1.807, 2.05) is 29.2 Å². The predicted molar refractivity (Wildman–Crippen MR) is 112 cm³/mol. The lowest BCUT2D eigenvalue weighted by atomic mass is 10.1. The Morgan fingerprint density at radius 2 is 1.97 bits per heavy atom. The summed E-state index contributed by atoms with van der Waals surface area (Å²) in [6, 6.07) is 7.62. The third-order valence-electron chi connectivity index (χ3n) is 5.41. The van der Waals surface area contributed by atoms with Gasteiger partial charge in [-0.25, -0.2) is 9.78 Å². The lowest BCUT2D eigenvalue weighted by Gasteiger charge is -2.21. The summed E-state index contributed by atoms with van der Waals surface area (Å²) in [5, 5.41) is 9.34. The summed E-state index contributed by atoms with van der Waals surface area (Å²) in [5.74, 6) is -0.764. The normalized spacial score (nSPS) is 16.7. The second kappa shape index (κ2) is 9.27. The molecule has 0 aliphatic carbocycles. The van der Waals surface area contributed by atoms with Crippen molar-refractivity contribution in [1.29, 1.82) is 0 Å². The number of carboxylic acid groups (broad SMARTS) is 1. The number of nitrogens with zero attached hydrogens (tertiary/aromatic N) is 4. The third-order valence-corrected chi connectivity index (χ3v) is 5.41. The van der Waals surface area contributed by atoms with E-state index in [0.29, 0.717) is 43.9 Å². The monoisotopic (exact) mass is 427 g/mol. The molecule has 10 heteroatoms. The van der Waals surface area contributed by atoms with Gasteiger partial charge in [0.15, 0.2) is 5.65 Å². The first-order valence-corrected chi connectivity index (χ1v) is 10.2. The van der Waals surface area contributed by atoms with Crippen molar-refractivity contribution in [2.75, 3.05) is 26.9 Å². The average Bonchev–Trinajstić information content (AvgIpc) is 3.34. The predicted octanol–water partition coefficient (Wildman–Crippen LogP) is 1.24. The Bertz CT molecular complexity index is 1110. The highest BCUT2D eigenvalue weighted by atomic mass is 16.5. The number of carbonyl (C=O) groups is 1. The maximum Gasteiger partial charge on any atom is 0.328 e. The van der Waals surface area contributed by atoms with Crippen molar-refractivity contribution in [2.24, 2.45) is 0 Å². The molecular formula is C21H25N5O5. The van der Waals surface area contributed by atoms with Gasteiger partial charge in [-0.2, -0.15) is 4.98 Å². The van der Waals surface area contributed by atoms with Crippen LogP contribution in [0.2, 0.25) is 0 Å². The fourth-order valence-corrected chi connectivity index (χ4v) is 3.82. The highest BCUT2D eigenvalue weighted by Gasteiger charge is 2.30. The Hall–Kier alpha value is -3.24. The minimum atomic E-state index is -0.764. The number of fused-ring (bicyclic) bond motifs is 1. The molecule has 1 saturated heterocycles. The van der Waals surface area contributed by atoms with Crippen molar-refractivity contribution < 1.29 is 19.4 Å². The molecule has 4 rings (SSSR count). The van der Waals surface area contributed by atoms with Gasteiger partial charge in [-0.3, -0.25) is 14.3 Å². The molecule has 1 aliphatic heterocycles. The highest BCUT2D eigenvalue weighted by molar-refractivity contribution is 5.73. The van der Waals surface area contributed by atoms with Crippen LogP contribution in [0.25, 0.3) is 11.2 Å². The minimum Gasteiger partial charge on any atom is -0.480 e. The van der Waals surface area contributed by atoms with Gasteiger partial charge in [0.1, 0.15) is 18.2 Å². The van der Waals surface area contributed by atoms with E-state index in [-0.39, 0.29) is 11.7 Å². The Kier molecular flexibility index (Phi) is 6.28. The van der Waals surface area contributed by atoms with Gasteiger partial charge in [0, 0.05) is 13.7 Å². The Balaban J connectivity index is 1.48. The lowest BCUT2D eigenvalue weighted by Crippen LogP contribution is -2.35. The van der Waals surface area contributed by atoms with Crippen molar-refractivity contribution in [3.63, 3.8) is 0 Å². The molecule has 3 aromatic rings. The summed E-state index contributed by atoms with van der Waals surface area (Å²) in [4.78, 5) is 37.0. The number of carboxylic acids is 1. The van der Waals surface area contributed by atoms with Crippen molar-refractivity contribution in [1.82, 2.24) is 24.4 Å². The van der Waals surface area contributed by atoms with E-state index < -0.39 is 12.0 Å². The molecule has 1 atom stereocenters. The van der Waals surface area contributed by atoms with E-state index in [9.17, 15) is 14.7 Å². The standard InChI is InChI=1S/C21H25N5O5/c1-30-9-10-31-20-22-11-16-18(24-20)26(21(29)23-16)13-15-6-4-14(5-7-15)12-25-8-2-3-17(25)19(27)28/h4-7,11,17H,2-3,8-10,12-13H2,1H3,(H,23,29)(H,27,28)/t17-/m0/s1. The van der Waals surface area contributed by atoms with Gasteiger partial charge in [0.25, 0.3) is 0 Å². The lowest BCUT2D eigenvalue weighted by molar-refractivity contribution is -0.142. The fraction of sp³-hybridized carbons (Fsp3) is 0.429. The smallest absolute Gasteiger partial charge is 0.328 e. The van der Waals surface area contributed by atoms with Gasteiger partial charge < -0.3 is 19.6 Å². The number of H-pyrrole nitrogens is 1. The van der Waals surface area contributed by atoms with Crippen LogP contribution in [0.15, 0.2) is 35.3 Å². The van der Waals surface area contributed by atoms with E-state index in [1.54, 1.807) is 7.11 Å². The molecule has 0 saturated carbocycles. The zero-order valence-corrected chi connectivity index (χ0v) is 17.3. The van der Waals surface area contributed by atoms with Crippen molar-refractivity contribution in [3.05, 3.63) is 52.1 Å². The van der Waals surface area contributed by atoms with Crippen LogP contribution >= 0.6 is 0 Å². The summed E-state index contributed by atoms with van der Waals surface area (Å²) in [6.07, 6.45) is 3.12. The largest absolute Gasteiger partial charge is 0.480 e. The fourth-order valence-electron chi connectivity index (χ4n) is 3.82. The summed E-state index contributed by atoms with van der Waals surface area (Å²) >= 11 is 0. The zero-order valence-electron chi connectivity index (χ0n) is 17.3. The number of ether oxygens (including phenoxy) is 2. The second-order valence-electron chi connectivity index (χ2n) is 7.53. The maximum absolute atomic E-state index is 12.4. The molecule has 0 unspecified atom stereocenters. The maximum atomic E-state index is 12.4. The van der Waals surface area contributed by atoms with Crippen LogP contribution in [-0.2, 0) is 22.6 Å². The molecule has 31 heavy (non-hydrogen) atoms. The number of rotatable bonds is 9. The zero-order chi connectivity index (χ0) is 21.8. The number of aliphatic carboxylic acids is 1. The van der Waals surface area contributed by atoms with Gasteiger partial charge in [-0.05, 0) is 30.5 Å². The first-order chi connectivity index (χ1) is 15.0. The highest BCUT2D eigenvalue weighted by Crippen LogP contribution is 2.21. The van der Waals surface area contributed by atoms with E-state index in [4.69, 9.17) is 9.47 Å². The number of likely N-dealkylation sites (tertiary alicyclic amines) is 1. The topological polar surface area (TPSA) is 123 Å². The number of nitrogens with one attached hydrogen (secondary N) is 1. The molecule has 0 radical (unpaired) electrons. The summed E-state index contributed by atoms with van der Waals surface area (Å²) < 4.78 is 11.9. The first-order valence-electron chi connectivity index (χ1n) is 10.2. The first kappa shape index (κ1) is 21.0. The number of hydrogen-bond acceptors (Lipinski definition) is 7. The minimum absolute atomic E-state index is 0.186. The van der Waals surface area contributed by atoms with E-state index in [0.717, 1.165) is 24.1 Å². The molecule has 2 N–H and O–H groups in total. The molecule has 3 heterocycles. The molecule has 2 aromatic heterocycles. The Morgan fingerprint density at radius 1 is 1.23 bits per heavy atom. The molecule has 1 aromatic carbocycles. The average molecular weight is 427 g/mol. The van der Waals surface area contributed by atoms with Crippen molar-refractivity contribution >= 4 is 17.1 Å². The molecule has 10 nitrogen and oxygen atoms in total. The van der Waals surface area contributed by atoms with E-state index >= 15 is 0 Å². The summed E-state index contributed by atoms with van der Waals surface area (Å²) in [5.41, 5.74) is 2.71. The van der Waals surface area contributed by atoms with Crippen LogP contribution in [0, 0.1) is 0 Å². The SMILES string of the molecule is COCCOc1ncc2[nH]c(=O)n(Cc3ccc(CN4CCC[C@H]4C(=O)O)cc3)c2n1. The van der Waals surface area contributed by atoms with Gasteiger partial charge in [-0.1, -0.05) is 24.3 Å². The van der Waals surface area contributed by atoms with Gasteiger partial charge >= 0.3 is 17.7 Å². The Labute approximate surface area is 178 Å². The van der Waals surface area contributed by atoms with Crippen LogP contribution in [0.3, 0.4) is 0 Å². The molecule has 0 spiro atoms. The van der Waals surface area contributed by atoms with Crippen LogP contribution in [0.1, 0.15) is 24.0 Å².